The third-order valence-electron chi connectivity index (χ3n) is 2.45. The molecule has 1 nitrogen and oxygen atoms in total. The van der Waals surface area contributed by atoms with Crippen molar-refractivity contribution in [1.29, 1.82) is 0 Å². The van der Waals surface area contributed by atoms with Gasteiger partial charge in [-0.05, 0) is 18.1 Å². The predicted octanol–water partition coefficient (Wildman–Crippen LogP) is 2.19. The summed E-state index contributed by atoms with van der Waals surface area (Å²) in [4.78, 5) is 0. The van der Waals surface area contributed by atoms with Gasteiger partial charge in [-0.3, -0.25) is 0 Å². The van der Waals surface area contributed by atoms with Gasteiger partial charge in [0.25, 0.3) is 5.92 Å². The highest BCUT2D eigenvalue weighted by Crippen LogP contribution is 2.34. The standard InChI is InChI=1S/C10H11F2N/c1-7-3-2-4-9-8(7)5-13-6-10(9,11)12/h2-4,13H,5-6H2,1H3. The second-order valence-corrected chi connectivity index (χ2v) is 3.41. The lowest BCUT2D eigenvalue weighted by atomic mass is 9.94. The lowest BCUT2D eigenvalue weighted by Gasteiger charge is -2.27. The first-order valence-corrected chi connectivity index (χ1v) is 4.29. The zero-order valence-electron chi connectivity index (χ0n) is 7.40. The number of alkyl halides is 2. The molecule has 0 unspecified atom stereocenters. The number of hydrogen-bond donors (Lipinski definition) is 1. The third-order valence-corrected chi connectivity index (χ3v) is 2.45. The molecule has 1 heterocycles. The SMILES string of the molecule is Cc1cccc2c1CNCC2(F)F. The van der Waals surface area contributed by atoms with Crippen LogP contribution in [0.2, 0.25) is 0 Å². The molecule has 13 heavy (non-hydrogen) atoms. The molecule has 1 aromatic carbocycles. The van der Waals surface area contributed by atoms with Crippen molar-refractivity contribution in [1.82, 2.24) is 5.32 Å². The summed E-state index contributed by atoms with van der Waals surface area (Å²) in [5.74, 6) is -2.71. The summed E-state index contributed by atoms with van der Waals surface area (Å²) in [5, 5.41) is 2.72. The summed E-state index contributed by atoms with van der Waals surface area (Å²) < 4.78 is 26.6. The van der Waals surface area contributed by atoms with Gasteiger partial charge in [-0.25, -0.2) is 0 Å². The first kappa shape index (κ1) is 8.63. The number of aryl methyl sites for hydroxylation is 1. The van der Waals surface area contributed by atoms with Crippen LogP contribution in [-0.2, 0) is 12.5 Å². The minimum absolute atomic E-state index is 0.186. The molecule has 1 N–H and O–H groups in total. The van der Waals surface area contributed by atoms with E-state index in [9.17, 15) is 8.78 Å². The zero-order chi connectivity index (χ0) is 9.47. The van der Waals surface area contributed by atoms with Crippen LogP contribution in [0.3, 0.4) is 0 Å². The van der Waals surface area contributed by atoms with Gasteiger partial charge < -0.3 is 5.32 Å². The van der Waals surface area contributed by atoms with Crippen LogP contribution in [-0.4, -0.2) is 6.54 Å². The van der Waals surface area contributed by atoms with Gasteiger partial charge in [-0.1, -0.05) is 18.2 Å². The molecule has 0 fully saturated rings. The Hall–Kier alpha value is -0.960. The van der Waals surface area contributed by atoms with Crippen LogP contribution in [0.5, 0.6) is 0 Å². The van der Waals surface area contributed by atoms with E-state index >= 15 is 0 Å². The van der Waals surface area contributed by atoms with Crippen LogP contribution in [0, 0.1) is 6.92 Å². The average molecular weight is 183 g/mol. The smallest absolute Gasteiger partial charge is 0.285 e. The second-order valence-electron chi connectivity index (χ2n) is 3.41. The lowest BCUT2D eigenvalue weighted by molar-refractivity contribution is -0.0109. The van der Waals surface area contributed by atoms with Crippen LogP contribution in [0.1, 0.15) is 16.7 Å². The fourth-order valence-corrected chi connectivity index (χ4v) is 1.72. The Morgan fingerprint density at radius 1 is 1.38 bits per heavy atom. The van der Waals surface area contributed by atoms with E-state index in [4.69, 9.17) is 0 Å². The van der Waals surface area contributed by atoms with Crippen molar-refractivity contribution in [2.24, 2.45) is 0 Å². The largest absolute Gasteiger partial charge is 0.307 e. The van der Waals surface area contributed by atoms with E-state index in [1.165, 1.54) is 6.07 Å². The molecule has 3 heteroatoms. The van der Waals surface area contributed by atoms with Crippen molar-refractivity contribution in [2.45, 2.75) is 19.4 Å². The molecule has 1 aliphatic heterocycles. The number of benzene rings is 1. The molecule has 0 atom stereocenters. The summed E-state index contributed by atoms with van der Waals surface area (Å²) in [7, 11) is 0. The van der Waals surface area contributed by atoms with Crippen molar-refractivity contribution in [2.75, 3.05) is 6.54 Å². The second kappa shape index (κ2) is 2.77. The first-order valence-electron chi connectivity index (χ1n) is 4.29. The van der Waals surface area contributed by atoms with Gasteiger partial charge >= 0.3 is 0 Å². The summed E-state index contributed by atoms with van der Waals surface area (Å²) in [5.41, 5.74) is 1.87. The summed E-state index contributed by atoms with van der Waals surface area (Å²) in [6.07, 6.45) is 0. The first-order chi connectivity index (χ1) is 6.11. The maximum Gasteiger partial charge on any atom is 0.285 e. The Morgan fingerprint density at radius 3 is 2.85 bits per heavy atom. The Morgan fingerprint density at radius 2 is 2.15 bits per heavy atom. The fourth-order valence-electron chi connectivity index (χ4n) is 1.72. The van der Waals surface area contributed by atoms with Gasteiger partial charge in [0, 0.05) is 12.1 Å². The van der Waals surface area contributed by atoms with Crippen LogP contribution in [0.15, 0.2) is 18.2 Å². The number of hydrogen-bond acceptors (Lipinski definition) is 1. The van der Waals surface area contributed by atoms with Gasteiger partial charge in [0.1, 0.15) is 0 Å². The van der Waals surface area contributed by atoms with E-state index in [0.717, 1.165) is 11.1 Å². The van der Waals surface area contributed by atoms with E-state index in [-0.39, 0.29) is 12.1 Å². The van der Waals surface area contributed by atoms with E-state index in [0.29, 0.717) is 6.54 Å². The summed E-state index contributed by atoms with van der Waals surface area (Å²) in [6.45, 7) is 2.17. The van der Waals surface area contributed by atoms with Crippen molar-refractivity contribution in [3.05, 3.63) is 34.9 Å². The Labute approximate surface area is 75.8 Å². The van der Waals surface area contributed by atoms with E-state index in [1.807, 2.05) is 13.0 Å². The molecule has 0 aliphatic carbocycles. The molecular formula is C10H11F2N. The fraction of sp³-hybridized carbons (Fsp3) is 0.400. The van der Waals surface area contributed by atoms with Crippen LogP contribution >= 0.6 is 0 Å². The van der Waals surface area contributed by atoms with Crippen molar-refractivity contribution in [3.63, 3.8) is 0 Å². The van der Waals surface area contributed by atoms with Crippen molar-refractivity contribution >= 4 is 0 Å². The number of halogens is 2. The van der Waals surface area contributed by atoms with Crippen LogP contribution in [0.4, 0.5) is 8.78 Å². The van der Waals surface area contributed by atoms with Gasteiger partial charge in [0.15, 0.2) is 0 Å². The predicted molar refractivity (Wildman–Crippen MR) is 46.8 cm³/mol. The number of fused-ring (bicyclic) bond motifs is 1. The zero-order valence-corrected chi connectivity index (χ0v) is 7.40. The molecule has 0 radical (unpaired) electrons. The van der Waals surface area contributed by atoms with Crippen molar-refractivity contribution in [3.8, 4) is 0 Å². The molecule has 70 valence electrons. The maximum atomic E-state index is 13.3. The lowest BCUT2D eigenvalue weighted by Crippen LogP contribution is -2.37. The number of nitrogens with one attached hydrogen (secondary N) is 1. The van der Waals surface area contributed by atoms with Crippen LogP contribution in [0.25, 0.3) is 0 Å². The highest BCUT2D eigenvalue weighted by atomic mass is 19.3. The van der Waals surface area contributed by atoms with Gasteiger partial charge in [-0.2, -0.15) is 8.78 Å². The Kier molecular flexibility index (Phi) is 1.84. The monoisotopic (exact) mass is 183 g/mol. The van der Waals surface area contributed by atoms with Gasteiger partial charge in [-0.15, -0.1) is 0 Å². The van der Waals surface area contributed by atoms with E-state index in [2.05, 4.69) is 5.32 Å². The highest BCUT2D eigenvalue weighted by molar-refractivity contribution is 5.38. The minimum Gasteiger partial charge on any atom is -0.307 e. The van der Waals surface area contributed by atoms with E-state index in [1.54, 1.807) is 6.07 Å². The topological polar surface area (TPSA) is 12.0 Å². The third kappa shape index (κ3) is 1.33. The molecule has 0 aromatic heterocycles. The van der Waals surface area contributed by atoms with Gasteiger partial charge in [0.05, 0.1) is 6.54 Å². The summed E-state index contributed by atoms with van der Waals surface area (Å²) >= 11 is 0. The van der Waals surface area contributed by atoms with E-state index < -0.39 is 5.92 Å². The average Bonchev–Trinajstić information content (AvgIpc) is 2.06. The molecular weight excluding hydrogens is 172 g/mol. The molecule has 0 saturated carbocycles. The Balaban J connectivity index is 2.58. The highest BCUT2D eigenvalue weighted by Gasteiger charge is 2.36. The molecule has 1 aromatic rings. The van der Waals surface area contributed by atoms with Crippen LogP contribution < -0.4 is 5.32 Å². The normalized spacial score (nSPS) is 19.6. The van der Waals surface area contributed by atoms with Gasteiger partial charge in [0.2, 0.25) is 0 Å². The molecule has 0 saturated heterocycles. The maximum absolute atomic E-state index is 13.3. The molecule has 2 rings (SSSR count). The molecule has 0 bridgehead atoms. The Bertz CT molecular complexity index is 334. The molecule has 1 aliphatic rings. The summed E-state index contributed by atoms with van der Waals surface area (Å²) in [6, 6.07) is 5.07. The van der Waals surface area contributed by atoms with Crippen molar-refractivity contribution < 1.29 is 8.78 Å². The quantitative estimate of drug-likeness (QED) is 0.650. The number of rotatable bonds is 0. The molecule has 0 spiro atoms. The molecule has 0 amide bonds. The minimum atomic E-state index is -2.71.